The molecule has 0 saturated heterocycles. The van der Waals surface area contributed by atoms with E-state index in [2.05, 4.69) is 0 Å². The van der Waals surface area contributed by atoms with Gasteiger partial charge in [-0.05, 0) is 18.6 Å². The van der Waals surface area contributed by atoms with Crippen LogP contribution in [0.15, 0.2) is 42.0 Å². The van der Waals surface area contributed by atoms with Crippen LogP contribution >= 0.6 is 0 Å². The number of ketones is 1. The van der Waals surface area contributed by atoms with Crippen molar-refractivity contribution in [2.75, 3.05) is 6.61 Å². The molecule has 0 spiro atoms. The molecule has 0 aliphatic carbocycles. The van der Waals surface area contributed by atoms with E-state index >= 15 is 0 Å². The second-order valence-corrected chi connectivity index (χ2v) is 3.39. The molecule has 2 heteroatoms. The van der Waals surface area contributed by atoms with Crippen molar-refractivity contribution in [2.45, 2.75) is 13.0 Å². The van der Waals surface area contributed by atoms with Gasteiger partial charge in [-0.3, -0.25) is 4.79 Å². The maximum atomic E-state index is 11.1. The molecule has 72 valence electrons. The fourth-order valence-electron chi connectivity index (χ4n) is 1.51. The molecule has 0 saturated carbocycles. The lowest BCUT2D eigenvalue weighted by Gasteiger charge is -2.06. The molecule has 0 amide bonds. The van der Waals surface area contributed by atoms with Crippen LogP contribution in [0.25, 0.3) is 0 Å². The predicted molar refractivity (Wildman–Crippen MR) is 53.9 cm³/mol. The van der Waals surface area contributed by atoms with Crippen LogP contribution in [0.4, 0.5) is 0 Å². The van der Waals surface area contributed by atoms with Gasteiger partial charge in [0.05, 0.1) is 6.61 Å². The van der Waals surface area contributed by atoms with Crippen molar-refractivity contribution in [1.29, 1.82) is 0 Å². The SMILES string of the molecule is CC(=O)C1=CC(c2ccccc2)OC1. The second kappa shape index (κ2) is 3.76. The van der Waals surface area contributed by atoms with Crippen molar-refractivity contribution < 1.29 is 9.53 Å². The van der Waals surface area contributed by atoms with Gasteiger partial charge < -0.3 is 4.74 Å². The lowest BCUT2D eigenvalue weighted by Crippen LogP contribution is -1.98. The minimum atomic E-state index is -0.0462. The monoisotopic (exact) mass is 188 g/mol. The summed E-state index contributed by atoms with van der Waals surface area (Å²) in [4.78, 5) is 11.1. The Balaban J connectivity index is 2.20. The van der Waals surface area contributed by atoms with E-state index in [9.17, 15) is 4.79 Å². The molecule has 0 aromatic heterocycles. The first-order chi connectivity index (χ1) is 6.77. The lowest BCUT2D eigenvalue weighted by molar-refractivity contribution is -0.113. The number of Topliss-reactive ketones (excluding diaryl/α,β-unsaturated/α-hetero) is 1. The van der Waals surface area contributed by atoms with E-state index in [0.29, 0.717) is 6.61 Å². The van der Waals surface area contributed by atoms with Gasteiger partial charge in [-0.1, -0.05) is 30.3 Å². The van der Waals surface area contributed by atoms with Crippen LogP contribution in [-0.2, 0) is 9.53 Å². The first-order valence-electron chi connectivity index (χ1n) is 4.65. The van der Waals surface area contributed by atoms with Crippen molar-refractivity contribution in [3.8, 4) is 0 Å². The van der Waals surface area contributed by atoms with Crippen molar-refractivity contribution >= 4 is 5.78 Å². The van der Waals surface area contributed by atoms with Crippen molar-refractivity contribution in [3.05, 3.63) is 47.5 Å². The van der Waals surface area contributed by atoms with Crippen molar-refractivity contribution in [3.63, 3.8) is 0 Å². The molecule has 0 bridgehead atoms. The Labute approximate surface area is 83.2 Å². The summed E-state index contributed by atoms with van der Waals surface area (Å²) in [7, 11) is 0. The molecule has 1 aromatic carbocycles. The quantitative estimate of drug-likeness (QED) is 0.711. The number of carbonyl (C=O) groups is 1. The third-order valence-corrected chi connectivity index (χ3v) is 2.35. The van der Waals surface area contributed by atoms with Gasteiger partial charge in [0.1, 0.15) is 6.10 Å². The topological polar surface area (TPSA) is 26.3 Å². The molecular weight excluding hydrogens is 176 g/mol. The van der Waals surface area contributed by atoms with Crippen LogP contribution in [0.5, 0.6) is 0 Å². The van der Waals surface area contributed by atoms with Crippen molar-refractivity contribution in [2.24, 2.45) is 0 Å². The zero-order valence-corrected chi connectivity index (χ0v) is 8.07. The highest BCUT2D eigenvalue weighted by Crippen LogP contribution is 2.26. The fourth-order valence-corrected chi connectivity index (χ4v) is 1.51. The Morgan fingerprint density at radius 1 is 1.36 bits per heavy atom. The minimum absolute atomic E-state index is 0.0462. The number of rotatable bonds is 2. The van der Waals surface area contributed by atoms with Gasteiger partial charge in [0, 0.05) is 5.57 Å². The van der Waals surface area contributed by atoms with Gasteiger partial charge in [0.15, 0.2) is 5.78 Å². The molecule has 2 nitrogen and oxygen atoms in total. The molecule has 0 N–H and O–H groups in total. The second-order valence-electron chi connectivity index (χ2n) is 3.39. The number of benzene rings is 1. The summed E-state index contributed by atoms with van der Waals surface area (Å²) >= 11 is 0. The Bertz CT molecular complexity index is 365. The lowest BCUT2D eigenvalue weighted by atomic mass is 10.1. The summed E-state index contributed by atoms with van der Waals surface area (Å²) in [5.74, 6) is 0.100. The normalized spacial score (nSPS) is 20.6. The third kappa shape index (κ3) is 1.75. The number of hydrogen-bond donors (Lipinski definition) is 0. The predicted octanol–water partition coefficient (Wildman–Crippen LogP) is 2.27. The van der Waals surface area contributed by atoms with Crippen molar-refractivity contribution in [1.82, 2.24) is 0 Å². The van der Waals surface area contributed by atoms with Crippen LogP contribution in [-0.4, -0.2) is 12.4 Å². The molecule has 0 fully saturated rings. The van der Waals surface area contributed by atoms with Crippen LogP contribution < -0.4 is 0 Å². The van der Waals surface area contributed by atoms with Crippen LogP contribution in [0, 0.1) is 0 Å². The Hall–Kier alpha value is -1.41. The largest absolute Gasteiger partial charge is 0.365 e. The highest BCUT2D eigenvalue weighted by Gasteiger charge is 2.19. The Kier molecular flexibility index (Phi) is 2.46. The fraction of sp³-hybridized carbons (Fsp3) is 0.250. The van der Waals surface area contributed by atoms with E-state index in [1.807, 2.05) is 36.4 Å². The molecule has 1 aliphatic heterocycles. The molecule has 1 heterocycles. The summed E-state index contributed by atoms with van der Waals surface area (Å²) in [5, 5.41) is 0. The molecule has 1 atom stereocenters. The number of carbonyl (C=O) groups excluding carboxylic acids is 1. The molecule has 1 aliphatic rings. The molecule has 2 rings (SSSR count). The average molecular weight is 188 g/mol. The van der Waals surface area contributed by atoms with Gasteiger partial charge in [-0.15, -0.1) is 0 Å². The Morgan fingerprint density at radius 3 is 2.64 bits per heavy atom. The summed E-state index contributed by atoms with van der Waals surface area (Å²) in [6.45, 7) is 2.01. The number of ether oxygens (including phenoxy) is 1. The first-order valence-corrected chi connectivity index (χ1v) is 4.65. The van der Waals surface area contributed by atoms with E-state index < -0.39 is 0 Å². The maximum absolute atomic E-state index is 11.1. The standard InChI is InChI=1S/C12H12O2/c1-9(13)11-7-12(14-8-11)10-5-3-2-4-6-10/h2-7,12H,8H2,1H3. The smallest absolute Gasteiger partial charge is 0.157 e. The first kappa shape index (κ1) is 9.16. The van der Waals surface area contributed by atoms with Crippen LogP contribution in [0.2, 0.25) is 0 Å². The summed E-state index contributed by atoms with van der Waals surface area (Å²) in [5.41, 5.74) is 1.88. The maximum Gasteiger partial charge on any atom is 0.157 e. The zero-order chi connectivity index (χ0) is 9.97. The molecule has 14 heavy (non-hydrogen) atoms. The highest BCUT2D eigenvalue weighted by atomic mass is 16.5. The molecule has 1 unspecified atom stereocenters. The van der Waals surface area contributed by atoms with Gasteiger partial charge in [0.25, 0.3) is 0 Å². The van der Waals surface area contributed by atoms with E-state index in [-0.39, 0.29) is 11.9 Å². The summed E-state index contributed by atoms with van der Waals surface area (Å²) in [6.07, 6.45) is 1.85. The highest BCUT2D eigenvalue weighted by molar-refractivity contribution is 5.94. The third-order valence-electron chi connectivity index (χ3n) is 2.35. The summed E-state index contributed by atoms with van der Waals surface area (Å²) in [6, 6.07) is 9.92. The van der Waals surface area contributed by atoms with Crippen LogP contribution in [0.3, 0.4) is 0 Å². The minimum Gasteiger partial charge on any atom is -0.365 e. The van der Waals surface area contributed by atoms with Gasteiger partial charge in [-0.25, -0.2) is 0 Å². The van der Waals surface area contributed by atoms with Gasteiger partial charge >= 0.3 is 0 Å². The van der Waals surface area contributed by atoms with Crippen LogP contribution in [0.1, 0.15) is 18.6 Å². The van der Waals surface area contributed by atoms with E-state index in [1.165, 1.54) is 0 Å². The molecule has 0 radical (unpaired) electrons. The van der Waals surface area contributed by atoms with Gasteiger partial charge in [0.2, 0.25) is 0 Å². The number of hydrogen-bond acceptors (Lipinski definition) is 2. The van der Waals surface area contributed by atoms with Gasteiger partial charge in [-0.2, -0.15) is 0 Å². The van der Waals surface area contributed by atoms with E-state index in [1.54, 1.807) is 6.92 Å². The summed E-state index contributed by atoms with van der Waals surface area (Å²) < 4.78 is 5.50. The average Bonchev–Trinajstić information content (AvgIpc) is 2.68. The van der Waals surface area contributed by atoms with E-state index in [0.717, 1.165) is 11.1 Å². The molecule has 1 aromatic rings. The zero-order valence-electron chi connectivity index (χ0n) is 8.07. The van der Waals surface area contributed by atoms with E-state index in [4.69, 9.17) is 4.74 Å². The molecular formula is C12H12O2. The Morgan fingerprint density at radius 2 is 2.07 bits per heavy atom.